The van der Waals surface area contributed by atoms with Crippen molar-refractivity contribution in [2.45, 2.75) is 13.0 Å². The van der Waals surface area contributed by atoms with Gasteiger partial charge in [-0.25, -0.2) is 4.79 Å². The van der Waals surface area contributed by atoms with Crippen LogP contribution in [0.15, 0.2) is 29.6 Å². The first-order valence-electron chi connectivity index (χ1n) is 6.13. The maximum absolute atomic E-state index is 11.7. The van der Waals surface area contributed by atoms with E-state index in [0.29, 0.717) is 6.61 Å². The molecular formula is C13H16N4O2S. The maximum atomic E-state index is 11.7. The van der Waals surface area contributed by atoms with E-state index >= 15 is 0 Å². The van der Waals surface area contributed by atoms with Gasteiger partial charge >= 0.3 is 6.03 Å². The van der Waals surface area contributed by atoms with E-state index in [4.69, 9.17) is 4.74 Å². The molecular weight excluding hydrogens is 276 g/mol. The van der Waals surface area contributed by atoms with Crippen LogP contribution in [-0.4, -0.2) is 35.4 Å². The predicted molar refractivity (Wildman–Crippen MR) is 78.8 cm³/mol. The fourth-order valence-electron chi connectivity index (χ4n) is 1.70. The highest BCUT2D eigenvalue weighted by molar-refractivity contribution is 7.03. The Balaban J connectivity index is 1.92. The normalized spacial score (nSPS) is 11.9. The highest BCUT2D eigenvalue weighted by atomic mass is 32.1. The first-order chi connectivity index (χ1) is 9.69. The molecule has 0 saturated heterocycles. The zero-order valence-electron chi connectivity index (χ0n) is 11.3. The SMILES string of the molecule is COCC(C)NC(=O)Nc1ccc(-c2csnn2)cc1. The minimum Gasteiger partial charge on any atom is -0.383 e. The third-order valence-electron chi connectivity index (χ3n) is 2.59. The molecule has 1 aromatic carbocycles. The Morgan fingerprint density at radius 2 is 2.15 bits per heavy atom. The number of methoxy groups -OCH3 is 1. The van der Waals surface area contributed by atoms with E-state index in [2.05, 4.69) is 20.2 Å². The first kappa shape index (κ1) is 14.4. The summed E-state index contributed by atoms with van der Waals surface area (Å²) in [5.74, 6) is 0. The van der Waals surface area contributed by atoms with Crippen LogP contribution >= 0.6 is 11.5 Å². The summed E-state index contributed by atoms with van der Waals surface area (Å²) >= 11 is 1.31. The molecule has 0 spiro atoms. The molecule has 0 aliphatic heterocycles. The Morgan fingerprint density at radius 1 is 1.40 bits per heavy atom. The second kappa shape index (κ2) is 6.97. The maximum Gasteiger partial charge on any atom is 0.319 e. The van der Waals surface area contributed by atoms with Gasteiger partial charge in [0.05, 0.1) is 12.6 Å². The lowest BCUT2D eigenvalue weighted by Crippen LogP contribution is -2.38. The zero-order valence-corrected chi connectivity index (χ0v) is 12.1. The summed E-state index contributed by atoms with van der Waals surface area (Å²) in [6.45, 7) is 2.35. The Labute approximate surface area is 121 Å². The summed E-state index contributed by atoms with van der Waals surface area (Å²) < 4.78 is 8.78. The molecule has 1 atom stereocenters. The van der Waals surface area contributed by atoms with E-state index in [9.17, 15) is 4.79 Å². The van der Waals surface area contributed by atoms with E-state index < -0.39 is 0 Å². The number of carbonyl (C=O) groups is 1. The quantitative estimate of drug-likeness (QED) is 0.887. The van der Waals surface area contributed by atoms with Crippen LogP contribution in [0.3, 0.4) is 0 Å². The molecule has 7 heteroatoms. The van der Waals surface area contributed by atoms with Crippen LogP contribution in [0, 0.1) is 0 Å². The third kappa shape index (κ3) is 4.01. The van der Waals surface area contributed by atoms with E-state index in [1.54, 1.807) is 7.11 Å². The molecule has 0 saturated carbocycles. The highest BCUT2D eigenvalue weighted by Gasteiger charge is 2.07. The van der Waals surface area contributed by atoms with Crippen molar-refractivity contribution < 1.29 is 9.53 Å². The van der Waals surface area contributed by atoms with E-state index in [1.165, 1.54) is 11.5 Å². The van der Waals surface area contributed by atoms with E-state index in [1.807, 2.05) is 36.6 Å². The van der Waals surface area contributed by atoms with Gasteiger partial charge in [-0.1, -0.05) is 16.6 Å². The van der Waals surface area contributed by atoms with Crippen molar-refractivity contribution in [3.63, 3.8) is 0 Å². The number of urea groups is 1. The van der Waals surface area contributed by atoms with Crippen molar-refractivity contribution >= 4 is 23.3 Å². The topological polar surface area (TPSA) is 76.1 Å². The highest BCUT2D eigenvalue weighted by Crippen LogP contribution is 2.19. The fourth-order valence-corrected chi connectivity index (χ4v) is 2.16. The number of carbonyl (C=O) groups excluding carboxylic acids is 1. The molecule has 0 aliphatic rings. The number of nitrogens with zero attached hydrogens (tertiary/aromatic N) is 2. The van der Waals surface area contributed by atoms with Crippen LogP contribution in [0.2, 0.25) is 0 Å². The predicted octanol–water partition coefficient (Wildman–Crippen LogP) is 2.36. The van der Waals surface area contributed by atoms with Gasteiger partial charge in [-0.05, 0) is 30.6 Å². The molecule has 1 unspecified atom stereocenters. The fraction of sp³-hybridized carbons (Fsp3) is 0.308. The lowest BCUT2D eigenvalue weighted by molar-refractivity contribution is 0.173. The molecule has 2 rings (SSSR count). The first-order valence-corrected chi connectivity index (χ1v) is 6.96. The number of nitrogens with one attached hydrogen (secondary N) is 2. The minimum atomic E-state index is -0.252. The molecule has 2 N–H and O–H groups in total. The Kier molecular flexibility index (Phi) is 5.03. The summed E-state index contributed by atoms with van der Waals surface area (Å²) in [7, 11) is 1.60. The molecule has 0 fully saturated rings. The van der Waals surface area contributed by atoms with Gasteiger partial charge < -0.3 is 15.4 Å². The van der Waals surface area contributed by atoms with Crippen molar-refractivity contribution in [2.24, 2.45) is 0 Å². The van der Waals surface area contributed by atoms with Gasteiger partial charge in [0.25, 0.3) is 0 Å². The van der Waals surface area contributed by atoms with E-state index in [0.717, 1.165) is 16.9 Å². The van der Waals surface area contributed by atoms with Crippen molar-refractivity contribution in [1.82, 2.24) is 14.9 Å². The number of ether oxygens (including phenoxy) is 1. The molecule has 1 heterocycles. The van der Waals surface area contributed by atoms with Crippen LogP contribution in [0.4, 0.5) is 10.5 Å². The van der Waals surface area contributed by atoms with Crippen LogP contribution < -0.4 is 10.6 Å². The molecule has 106 valence electrons. The standard InChI is InChI=1S/C13H16N4O2S/c1-9(7-19-2)14-13(18)15-11-5-3-10(4-6-11)12-8-20-17-16-12/h3-6,8-9H,7H2,1-2H3,(H2,14,15,18). The Morgan fingerprint density at radius 3 is 2.75 bits per heavy atom. The van der Waals surface area contributed by atoms with Gasteiger partial charge in [0.1, 0.15) is 5.69 Å². The van der Waals surface area contributed by atoms with Crippen molar-refractivity contribution in [2.75, 3.05) is 19.0 Å². The molecule has 0 bridgehead atoms. The molecule has 0 aliphatic carbocycles. The summed E-state index contributed by atoms with van der Waals surface area (Å²) in [6, 6.07) is 7.15. The number of anilines is 1. The smallest absolute Gasteiger partial charge is 0.319 e. The third-order valence-corrected chi connectivity index (χ3v) is 3.10. The summed E-state index contributed by atoms with van der Waals surface area (Å²) in [5.41, 5.74) is 2.52. The molecule has 6 nitrogen and oxygen atoms in total. The van der Waals surface area contributed by atoms with Gasteiger partial charge in [-0.15, -0.1) is 5.10 Å². The number of hydrogen-bond acceptors (Lipinski definition) is 5. The number of hydrogen-bond donors (Lipinski definition) is 2. The molecule has 20 heavy (non-hydrogen) atoms. The largest absolute Gasteiger partial charge is 0.383 e. The summed E-state index contributed by atoms with van der Waals surface area (Å²) in [6.07, 6.45) is 0. The van der Waals surface area contributed by atoms with Crippen LogP contribution in [0.25, 0.3) is 11.3 Å². The van der Waals surface area contributed by atoms with Crippen molar-refractivity contribution in [3.8, 4) is 11.3 Å². The van der Waals surface area contributed by atoms with Crippen molar-refractivity contribution in [3.05, 3.63) is 29.6 Å². The van der Waals surface area contributed by atoms with Gasteiger partial charge in [0, 0.05) is 23.7 Å². The van der Waals surface area contributed by atoms with Gasteiger partial charge in [0.15, 0.2) is 0 Å². The van der Waals surface area contributed by atoms with E-state index in [-0.39, 0.29) is 12.1 Å². The van der Waals surface area contributed by atoms with Crippen LogP contribution in [0.1, 0.15) is 6.92 Å². The number of rotatable bonds is 5. The zero-order chi connectivity index (χ0) is 14.4. The lowest BCUT2D eigenvalue weighted by atomic mass is 10.1. The number of benzene rings is 1. The van der Waals surface area contributed by atoms with Crippen molar-refractivity contribution in [1.29, 1.82) is 0 Å². The number of aromatic nitrogens is 2. The lowest BCUT2D eigenvalue weighted by Gasteiger charge is -2.13. The van der Waals surface area contributed by atoms with Crippen LogP contribution in [-0.2, 0) is 4.74 Å². The van der Waals surface area contributed by atoms with Gasteiger partial charge in [-0.3, -0.25) is 0 Å². The molecule has 2 aromatic rings. The Bertz CT molecular complexity index is 542. The Hall–Kier alpha value is -1.99. The second-order valence-corrected chi connectivity index (χ2v) is 4.93. The molecule has 1 aromatic heterocycles. The monoisotopic (exact) mass is 292 g/mol. The van der Waals surface area contributed by atoms with Crippen LogP contribution in [0.5, 0.6) is 0 Å². The molecule has 0 radical (unpaired) electrons. The molecule has 2 amide bonds. The second-order valence-electron chi connectivity index (χ2n) is 4.32. The van der Waals surface area contributed by atoms with Gasteiger partial charge in [0.2, 0.25) is 0 Å². The minimum absolute atomic E-state index is 0.0413. The summed E-state index contributed by atoms with van der Waals surface area (Å²) in [5, 5.41) is 11.4. The number of amides is 2. The average molecular weight is 292 g/mol. The van der Waals surface area contributed by atoms with Gasteiger partial charge in [-0.2, -0.15) is 0 Å². The average Bonchev–Trinajstić information content (AvgIpc) is 2.93. The summed E-state index contributed by atoms with van der Waals surface area (Å²) in [4.78, 5) is 11.7.